The van der Waals surface area contributed by atoms with Crippen molar-refractivity contribution < 1.29 is 23.1 Å². The molecule has 2 heterocycles. The van der Waals surface area contributed by atoms with Crippen LogP contribution in [-0.4, -0.2) is 52.9 Å². The van der Waals surface area contributed by atoms with E-state index in [0.29, 0.717) is 12.1 Å². The third-order valence-electron chi connectivity index (χ3n) is 3.21. The van der Waals surface area contributed by atoms with Crippen LogP contribution in [0.3, 0.4) is 0 Å². The Morgan fingerprint density at radius 2 is 2.24 bits per heavy atom. The van der Waals surface area contributed by atoms with Crippen molar-refractivity contribution in [3.63, 3.8) is 0 Å². The van der Waals surface area contributed by atoms with Crippen LogP contribution in [0.1, 0.15) is 22.5 Å². The zero-order valence-electron chi connectivity index (χ0n) is 11.4. The van der Waals surface area contributed by atoms with E-state index in [1.54, 1.807) is 6.92 Å². The van der Waals surface area contributed by atoms with E-state index in [0.717, 1.165) is 0 Å². The number of amides is 1. The van der Waals surface area contributed by atoms with Gasteiger partial charge in [-0.1, -0.05) is 0 Å². The predicted molar refractivity (Wildman–Crippen MR) is 80.6 cm³/mol. The number of carbonyl (C=O) groups excluding carboxylic acids is 1. The number of aromatic nitrogens is 1. The molecule has 0 spiro atoms. The van der Waals surface area contributed by atoms with Crippen molar-refractivity contribution in [2.75, 3.05) is 22.6 Å². The van der Waals surface area contributed by atoms with E-state index in [-0.39, 0.29) is 39.7 Å². The van der Waals surface area contributed by atoms with Crippen molar-refractivity contribution in [2.24, 2.45) is 0 Å². The number of thioether (sulfide) groups is 1. The highest BCUT2D eigenvalue weighted by atomic mass is 32.2. The SMILES string of the molecule is Cc1[nH]cc(NC(=O)CSC2CCS(=O)(=O)C2)c1C(=O)O. The number of rotatable bonds is 5. The maximum Gasteiger partial charge on any atom is 0.339 e. The summed E-state index contributed by atoms with van der Waals surface area (Å²) in [5.41, 5.74) is 0.730. The third-order valence-corrected chi connectivity index (χ3v) is 6.49. The van der Waals surface area contributed by atoms with Crippen molar-refractivity contribution in [1.29, 1.82) is 0 Å². The Labute approximate surface area is 126 Å². The van der Waals surface area contributed by atoms with Gasteiger partial charge in [0.05, 0.1) is 22.9 Å². The quantitative estimate of drug-likeness (QED) is 0.737. The summed E-state index contributed by atoms with van der Waals surface area (Å²) in [7, 11) is -2.95. The van der Waals surface area contributed by atoms with Crippen LogP contribution in [0, 0.1) is 6.92 Å². The van der Waals surface area contributed by atoms with Crippen LogP contribution in [0.4, 0.5) is 5.69 Å². The Bertz CT molecular complexity index is 665. The van der Waals surface area contributed by atoms with Crippen molar-refractivity contribution in [3.05, 3.63) is 17.5 Å². The lowest BCUT2D eigenvalue weighted by Gasteiger charge is -2.08. The van der Waals surface area contributed by atoms with E-state index in [1.807, 2.05) is 0 Å². The Kier molecular flexibility index (Phi) is 4.62. The van der Waals surface area contributed by atoms with Crippen LogP contribution in [0.2, 0.25) is 0 Å². The number of nitrogens with one attached hydrogen (secondary N) is 2. The number of carboxylic acids is 1. The van der Waals surface area contributed by atoms with E-state index < -0.39 is 15.8 Å². The van der Waals surface area contributed by atoms with Gasteiger partial charge < -0.3 is 15.4 Å². The summed E-state index contributed by atoms with van der Waals surface area (Å²) in [5.74, 6) is -1.07. The Hall–Kier alpha value is -1.48. The van der Waals surface area contributed by atoms with E-state index in [9.17, 15) is 18.0 Å². The van der Waals surface area contributed by atoms with Crippen LogP contribution in [0.25, 0.3) is 0 Å². The van der Waals surface area contributed by atoms with Gasteiger partial charge in [0.2, 0.25) is 5.91 Å². The molecule has 0 aromatic carbocycles. The molecule has 1 fully saturated rings. The molecule has 0 radical (unpaired) electrons. The molecule has 1 aliphatic heterocycles. The highest BCUT2D eigenvalue weighted by molar-refractivity contribution is 8.02. The predicted octanol–water partition coefficient (Wildman–Crippen LogP) is 0.880. The lowest BCUT2D eigenvalue weighted by Crippen LogP contribution is -2.18. The normalized spacial score (nSPS) is 20.3. The molecule has 21 heavy (non-hydrogen) atoms. The van der Waals surface area contributed by atoms with Crippen LogP contribution < -0.4 is 5.32 Å². The Morgan fingerprint density at radius 1 is 1.52 bits per heavy atom. The van der Waals surface area contributed by atoms with Gasteiger partial charge in [-0.25, -0.2) is 13.2 Å². The van der Waals surface area contributed by atoms with Crippen molar-refractivity contribution in [3.8, 4) is 0 Å². The maximum atomic E-state index is 11.8. The summed E-state index contributed by atoms with van der Waals surface area (Å²) in [6, 6.07) is 0. The topological polar surface area (TPSA) is 116 Å². The molecule has 1 saturated heterocycles. The zero-order chi connectivity index (χ0) is 15.6. The van der Waals surface area contributed by atoms with Gasteiger partial charge in [0.15, 0.2) is 9.84 Å². The third kappa shape index (κ3) is 4.01. The first-order chi connectivity index (χ1) is 9.78. The van der Waals surface area contributed by atoms with Gasteiger partial charge >= 0.3 is 5.97 Å². The highest BCUT2D eigenvalue weighted by Gasteiger charge is 2.28. The summed E-state index contributed by atoms with van der Waals surface area (Å²) >= 11 is 1.29. The molecular formula is C12H16N2O5S2. The number of aryl methyl sites for hydroxylation is 1. The fraction of sp³-hybridized carbons (Fsp3) is 0.500. The van der Waals surface area contributed by atoms with Gasteiger partial charge in [-0.05, 0) is 13.3 Å². The number of aromatic carboxylic acids is 1. The van der Waals surface area contributed by atoms with Gasteiger partial charge in [0.25, 0.3) is 0 Å². The second kappa shape index (κ2) is 6.10. The number of carboxylic acid groups (broad SMARTS) is 1. The summed E-state index contributed by atoms with van der Waals surface area (Å²) in [5, 5.41) is 11.5. The average molecular weight is 332 g/mol. The van der Waals surface area contributed by atoms with E-state index in [1.165, 1.54) is 18.0 Å². The van der Waals surface area contributed by atoms with Gasteiger partial charge in [0, 0.05) is 17.1 Å². The first-order valence-corrected chi connectivity index (χ1v) is 9.18. The molecule has 1 unspecified atom stereocenters. The molecule has 1 aliphatic rings. The molecule has 1 aromatic heterocycles. The molecule has 1 aromatic rings. The highest BCUT2D eigenvalue weighted by Crippen LogP contribution is 2.25. The van der Waals surface area contributed by atoms with Gasteiger partial charge in [-0.3, -0.25) is 4.79 Å². The number of aromatic amines is 1. The Morgan fingerprint density at radius 3 is 2.81 bits per heavy atom. The van der Waals surface area contributed by atoms with E-state index in [4.69, 9.17) is 5.11 Å². The van der Waals surface area contributed by atoms with Gasteiger partial charge in [-0.15, -0.1) is 11.8 Å². The van der Waals surface area contributed by atoms with Crippen molar-refractivity contribution in [1.82, 2.24) is 4.98 Å². The standard InChI is InChI=1S/C12H16N2O5S2/c1-7-11(12(16)17)9(4-13-7)14-10(15)5-20-8-2-3-21(18,19)6-8/h4,8,13H,2-3,5-6H2,1H3,(H,14,15)(H,16,17). The molecule has 0 aliphatic carbocycles. The second-order valence-corrected chi connectivity index (χ2v) is 8.41. The summed E-state index contributed by atoms with van der Waals surface area (Å²) < 4.78 is 22.6. The fourth-order valence-electron chi connectivity index (χ4n) is 2.17. The maximum absolute atomic E-state index is 11.8. The van der Waals surface area contributed by atoms with Crippen LogP contribution in [0.15, 0.2) is 6.20 Å². The summed E-state index contributed by atoms with van der Waals surface area (Å²) in [4.78, 5) is 25.7. The molecule has 7 nitrogen and oxygen atoms in total. The largest absolute Gasteiger partial charge is 0.478 e. The van der Waals surface area contributed by atoms with Crippen molar-refractivity contribution >= 4 is 39.2 Å². The molecule has 0 bridgehead atoms. The van der Waals surface area contributed by atoms with E-state index >= 15 is 0 Å². The lowest BCUT2D eigenvalue weighted by atomic mass is 10.2. The lowest BCUT2D eigenvalue weighted by molar-refractivity contribution is -0.113. The minimum Gasteiger partial charge on any atom is -0.478 e. The van der Waals surface area contributed by atoms with Crippen LogP contribution in [0.5, 0.6) is 0 Å². The smallest absolute Gasteiger partial charge is 0.339 e. The number of carbonyl (C=O) groups is 2. The monoisotopic (exact) mass is 332 g/mol. The number of anilines is 1. The number of hydrogen-bond donors (Lipinski definition) is 3. The fourth-order valence-corrected chi connectivity index (χ4v) is 5.62. The second-order valence-electron chi connectivity index (χ2n) is 4.89. The van der Waals surface area contributed by atoms with Gasteiger partial charge in [-0.2, -0.15) is 0 Å². The summed E-state index contributed by atoms with van der Waals surface area (Å²) in [6.45, 7) is 1.61. The Balaban J connectivity index is 1.90. The molecule has 2 rings (SSSR count). The average Bonchev–Trinajstić information content (AvgIpc) is 2.90. The first-order valence-electron chi connectivity index (χ1n) is 6.31. The first kappa shape index (κ1) is 15.9. The van der Waals surface area contributed by atoms with Crippen molar-refractivity contribution in [2.45, 2.75) is 18.6 Å². The molecule has 1 amide bonds. The minimum absolute atomic E-state index is 0.0387. The van der Waals surface area contributed by atoms with Gasteiger partial charge in [0.1, 0.15) is 5.56 Å². The van der Waals surface area contributed by atoms with Crippen LogP contribution >= 0.6 is 11.8 Å². The summed E-state index contributed by atoms with van der Waals surface area (Å²) in [6.07, 6.45) is 1.99. The van der Waals surface area contributed by atoms with E-state index in [2.05, 4.69) is 10.3 Å². The minimum atomic E-state index is -2.95. The number of hydrogen-bond acceptors (Lipinski definition) is 5. The molecular weight excluding hydrogens is 316 g/mol. The molecule has 116 valence electrons. The number of H-pyrrole nitrogens is 1. The molecule has 0 saturated carbocycles. The molecule has 1 atom stereocenters. The zero-order valence-corrected chi connectivity index (χ0v) is 13.0. The molecule has 3 N–H and O–H groups in total. The molecule has 9 heteroatoms. The van der Waals surface area contributed by atoms with Crippen LogP contribution in [-0.2, 0) is 14.6 Å². The number of sulfone groups is 1.